The molecule has 1 aliphatic rings. The van der Waals surface area contributed by atoms with Crippen LogP contribution in [0.4, 0.5) is 13.2 Å². The lowest BCUT2D eigenvalue weighted by Crippen LogP contribution is -2.25. The van der Waals surface area contributed by atoms with Crippen molar-refractivity contribution >= 4 is 15.9 Å². The van der Waals surface area contributed by atoms with Crippen molar-refractivity contribution in [3.8, 4) is 0 Å². The highest BCUT2D eigenvalue weighted by molar-refractivity contribution is 9.10. The van der Waals surface area contributed by atoms with Crippen LogP contribution in [0.25, 0.3) is 0 Å². The Hall–Kier alpha value is -0.590. The van der Waals surface area contributed by atoms with Gasteiger partial charge in [0.2, 0.25) is 0 Å². The van der Waals surface area contributed by atoms with E-state index >= 15 is 0 Å². The molecule has 2 nitrogen and oxygen atoms in total. The summed E-state index contributed by atoms with van der Waals surface area (Å²) < 4.78 is 48.7. The Balaban J connectivity index is 2.16. The number of ether oxygens (including phenoxy) is 2. The fourth-order valence-corrected chi connectivity index (χ4v) is 1.91. The molecule has 1 heterocycles. The van der Waals surface area contributed by atoms with Crippen LogP contribution >= 0.6 is 15.9 Å². The topological polar surface area (TPSA) is 21.8 Å². The van der Waals surface area contributed by atoms with E-state index in [2.05, 4.69) is 15.9 Å². The lowest BCUT2D eigenvalue weighted by atomic mass is 10.1. The molecule has 0 N–H and O–H groups in total. The van der Waals surface area contributed by atoms with Crippen LogP contribution in [-0.4, -0.2) is 25.5 Å². The van der Waals surface area contributed by atoms with Gasteiger partial charge in [-0.25, -0.2) is 0 Å². The average molecular weight is 311 g/mol. The van der Waals surface area contributed by atoms with Crippen molar-refractivity contribution in [2.24, 2.45) is 0 Å². The molecular formula is C11H10BrF3O2. The smallest absolute Gasteiger partial charge is 0.371 e. The summed E-state index contributed by atoms with van der Waals surface area (Å²) in [6.45, 7) is 0.437. The number of alkyl halides is 3. The first kappa shape index (κ1) is 12.9. The third kappa shape index (κ3) is 3.43. The minimum absolute atomic E-state index is 0.0362. The van der Waals surface area contributed by atoms with Crippen LogP contribution in [-0.2, 0) is 9.47 Å². The predicted molar refractivity (Wildman–Crippen MR) is 58.6 cm³/mol. The van der Waals surface area contributed by atoms with Crippen LogP contribution in [0.5, 0.6) is 0 Å². The van der Waals surface area contributed by atoms with E-state index in [4.69, 9.17) is 9.47 Å². The van der Waals surface area contributed by atoms with E-state index in [0.29, 0.717) is 11.1 Å². The first-order chi connectivity index (χ1) is 7.98. The number of hydrogen-bond donors (Lipinski definition) is 0. The molecule has 1 saturated heterocycles. The van der Waals surface area contributed by atoms with Gasteiger partial charge in [-0.15, -0.1) is 0 Å². The van der Waals surface area contributed by atoms with Crippen LogP contribution in [0.15, 0.2) is 28.7 Å². The summed E-state index contributed by atoms with van der Waals surface area (Å²) >= 11 is 3.10. The molecule has 2 rings (SSSR count). The van der Waals surface area contributed by atoms with Gasteiger partial charge in [0.05, 0.1) is 13.2 Å². The van der Waals surface area contributed by atoms with Crippen molar-refractivity contribution in [1.82, 2.24) is 0 Å². The standard InChI is InChI=1S/C11H10BrF3O2/c12-9-4-2-1-3-8(9)10(11(13,14)15)17-6-7-5-16-7/h1-4,7,10H,5-6H2/t7-,10+/m1/s1. The molecule has 94 valence electrons. The second kappa shape index (κ2) is 4.96. The Labute approximate surface area is 105 Å². The zero-order chi connectivity index (χ0) is 12.5. The molecule has 0 aromatic heterocycles. The Kier molecular flexibility index (Phi) is 3.75. The van der Waals surface area contributed by atoms with Crippen molar-refractivity contribution in [3.05, 3.63) is 34.3 Å². The molecular weight excluding hydrogens is 301 g/mol. The summed E-state index contributed by atoms with van der Waals surface area (Å²) in [6.07, 6.45) is -6.54. The summed E-state index contributed by atoms with van der Waals surface area (Å²) in [4.78, 5) is 0. The van der Waals surface area contributed by atoms with E-state index in [1.807, 2.05) is 0 Å². The van der Waals surface area contributed by atoms with E-state index in [-0.39, 0.29) is 18.3 Å². The van der Waals surface area contributed by atoms with E-state index in [1.54, 1.807) is 18.2 Å². The van der Waals surface area contributed by atoms with E-state index in [0.717, 1.165) is 0 Å². The Morgan fingerprint density at radius 1 is 1.41 bits per heavy atom. The Bertz CT molecular complexity index is 391. The van der Waals surface area contributed by atoms with Gasteiger partial charge in [0, 0.05) is 10.0 Å². The normalized spacial score (nSPS) is 21.3. The molecule has 0 amide bonds. The maximum absolute atomic E-state index is 12.9. The number of benzene rings is 1. The maximum atomic E-state index is 12.9. The molecule has 1 aromatic rings. The summed E-state index contributed by atoms with van der Waals surface area (Å²) in [6, 6.07) is 6.17. The monoisotopic (exact) mass is 310 g/mol. The van der Waals surface area contributed by atoms with Crippen molar-refractivity contribution in [2.75, 3.05) is 13.2 Å². The highest BCUT2D eigenvalue weighted by atomic mass is 79.9. The van der Waals surface area contributed by atoms with Crippen molar-refractivity contribution in [2.45, 2.75) is 18.4 Å². The van der Waals surface area contributed by atoms with Crippen LogP contribution in [0, 0.1) is 0 Å². The van der Waals surface area contributed by atoms with Gasteiger partial charge < -0.3 is 9.47 Å². The van der Waals surface area contributed by atoms with Crippen LogP contribution < -0.4 is 0 Å². The fourth-order valence-electron chi connectivity index (χ4n) is 1.42. The summed E-state index contributed by atoms with van der Waals surface area (Å²) in [5.41, 5.74) is 0.0839. The second-order valence-electron chi connectivity index (χ2n) is 3.73. The quantitative estimate of drug-likeness (QED) is 0.794. The molecule has 0 aliphatic carbocycles. The molecule has 1 aromatic carbocycles. The minimum Gasteiger partial charge on any atom is -0.371 e. The third-order valence-corrected chi connectivity index (χ3v) is 3.06. The van der Waals surface area contributed by atoms with Crippen LogP contribution in [0.1, 0.15) is 11.7 Å². The molecule has 1 aliphatic heterocycles. The van der Waals surface area contributed by atoms with Gasteiger partial charge in [-0.3, -0.25) is 0 Å². The molecule has 0 unspecified atom stereocenters. The molecule has 0 bridgehead atoms. The molecule has 2 atom stereocenters. The number of hydrogen-bond acceptors (Lipinski definition) is 2. The number of rotatable bonds is 4. The van der Waals surface area contributed by atoms with Gasteiger partial charge in [0.25, 0.3) is 0 Å². The first-order valence-corrected chi connectivity index (χ1v) is 5.82. The predicted octanol–water partition coefficient (Wildman–Crippen LogP) is 3.47. The van der Waals surface area contributed by atoms with Crippen LogP contribution in [0.2, 0.25) is 0 Å². The molecule has 1 fully saturated rings. The van der Waals surface area contributed by atoms with Gasteiger partial charge in [-0.2, -0.15) is 13.2 Å². The lowest BCUT2D eigenvalue weighted by Gasteiger charge is -2.21. The summed E-state index contributed by atoms with van der Waals surface area (Å²) in [7, 11) is 0. The first-order valence-electron chi connectivity index (χ1n) is 5.03. The van der Waals surface area contributed by atoms with E-state index in [1.165, 1.54) is 6.07 Å². The summed E-state index contributed by atoms with van der Waals surface area (Å²) in [5, 5.41) is 0. The summed E-state index contributed by atoms with van der Waals surface area (Å²) in [5.74, 6) is 0. The lowest BCUT2D eigenvalue weighted by molar-refractivity contribution is -0.224. The van der Waals surface area contributed by atoms with Crippen molar-refractivity contribution in [1.29, 1.82) is 0 Å². The Morgan fingerprint density at radius 2 is 2.06 bits per heavy atom. The molecule has 0 saturated carbocycles. The fraction of sp³-hybridized carbons (Fsp3) is 0.455. The molecule has 17 heavy (non-hydrogen) atoms. The van der Waals surface area contributed by atoms with Gasteiger partial charge in [-0.1, -0.05) is 34.1 Å². The van der Waals surface area contributed by atoms with Gasteiger partial charge in [0.15, 0.2) is 6.10 Å². The minimum atomic E-state index is -4.43. The largest absolute Gasteiger partial charge is 0.418 e. The number of halogens is 4. The molecule has 6 heteroatoms. The Morgan fingerprint density at radius 3 is 2.59 bits per heavy atom. The van der Waals surface area contributed by atoms with E-state index < -0.39 is 12.3 Å². The third-order valence-electron chi connectivity index (χ3n) is 2.34. The van der Waals surface area contributed by atoms with Crippen LogP contribution in [0.3, 0.4) is 0 Å². The second-order valence-corrected chi connectivity index (χ2v) is 4.59. The van der Waals surface area contributed by atoms with Gasteiger partial charge >= 0.3 is 6.18 Å². The van der Waals surface area contributed by atoms with E-state index in [9.17, 15) is 13.2 Å². The van der Waals surface area contributed by atoms with Gasteiger partial charge in [0.1, 0.15) is 6.10 Å². The zero-order valence-corrected chi connectivity index (χ0v) is 10.3. The van der Waals surface area contributed by atoms with Crippen molar-refractivity contribution in [3.63, 3.8) is 0 Å². The molecule has 0 radical (unpaired) electrons. The maximum Gasteiger partial charge on any atom is 0.418 e. The molecule has 0 spiro atoms. The number of epoxide rings is 1. The van der Waals surface area contributed by atoms with Crippen molar-refractivity contribution < 1.29 is 22.6 Å². The average Bonchev–Trinajstić information content (AvgIpc) is 3.03. The highest BCUT2D eigenvalue weighted by Gasteiger charge is 2.43. The zero-order valence-electron chi connectivity index (χ0n) is 8.71. The van der Waals surface area contributed by atoms with Gasteiger partial charge in [-0.05, 0) is 6.07 Å². The SMILES string of the molecule is FC(F)(F)[C@@H](OC[C@H]1CO1)c1ccccc1Br. The highest BCUT2D eigenvalue weighted by Crippen LogP contribution is 2.39.